The van der Waals surface area contributed by atoms with E-state index in [0.717, 1.165) is 50.2 Å². The molecule has 0 aromatic rings. The van der Waals surface area contributed by atoms with E-state index in [2.05, 4.69) is 37.9 Å². The summed E-state index contributed by atoms with van der Waals surface area (Å²) in [5, 5.41) is 0. The summed E-state index contributed by atoms with van der Waals surface area (Å²) in [6, 6.07) is 0. The van der Waals surface area contributed by atoms with Crippen molar-refractivity contribution in [1.82, 2.24) is 4.90 Å². The predicted octanol–water partition coefficient (Wildman–Crippen LogP) is 7.69. The molecule has 0 radical (unpaired) electrons. The van der Waals surface area contributed by atoms with Crippen molar-refractivity contribution in [3.05, 3.63) is 12.2 Å². The summed E-state index contributed by atoms with van der Waals surface area (Å²) in [6.45, 7) is 21.8. The highest BCUT2D eigenvalue weighted by molar-refractivity contribution is 5.69. The van der Waals surface area contributed by atoms with Gasteiger partial charge in [-0.1, -0.05) is 90.2 Å². The van der Waals surface area contributed by atoms with Gasteiger partial charge in [0.05, 0.1) is 159 Å². The number of rotatable bonds is 52. The summed E-state index contributed by atoms with van der Waals surface area (Å²) in [5.74, 6) is -0.161. The number of carbonyl (C=O) groups is 1. The second kappa shape index (κ2) is 49.6. The van der Waals surface area contributed by atoms with Gasteiger partial charge in [-0.2, -0.15) is 0 Å². The van der Waals surface area contributed by atoms with Crippen molar-refractivity contribution in [2.75, 3.05) is 185 Å². The summed E-state index contributed by atoms with van der Waals surface area (Å²) >= 11 is 0. The van der Waals surface area contributed by atoms with Crippen LogP contribution in [0.4, 0.5) is 0 Å². The maximum Gasteiger partial charge on any atom is 0.307 e. The molecule has 0 aliphatic carbocycles. The number of ether oxygens (including phenoxy) is 11. The van der Waals surface area contributed by atoms with Gasteiger partial charge in [0, 0.05) is 26.2 Å². The molecule has 1 rings (SSSR count). The van der Waals surface area contributed by atoms with Crippen LogP contribution in [0, 0.1) is 0 Å². The van der Waals surface area contributed by atoms with E-state index in [9.17, 15) is 4.79 Å². The molecule has 1 fully saturated rings. The average Bonchev–Trinajstić information content (AvgIpc) is 3.30. The lowest BCUT2D eigenvalue weighted by Crippen LogP contribution is -2.57. The van der Waals surface area contributed by atoms with Crippen molar-refractivity contribution in [1.29, 1.82) is 0 Å². The van der Waals surface area contributed by atoms with Crippen LogP contribution in [0.5, 0.6) is 0 Å². The molecule has 0 saturated carbocycles. The molecule has 14 heteroatoms. The first-order valence-corrected chi connectivity index (χ1v) is 25.7. The minimum Gasteiger partial charge on any atom is -0.463 e. The number of likely N-dealkylation sites (N-methyl/N-ethyl adjacent to an activating group) is 1. The molecule has 0 amide bonds. The van der Waals surface area contributed by atoms with E-state index >= 15 is 0 Å². The molecule has 1 saturated heterocycles. The van der Waals surface area contributed by atoms with Gasteiger partial charge in [0.2, 0.25) is 0 Å². The second-order valence-corrected chi connectivity index (χ2v) is 17.0. The van der Waals surface area contributed by atoms with E-state index in [1.165, 1.54) is 103 Å². The lowest BCUT2D eigenvalue weighted by atomic mass is 10.1. The Hall–Kier alpha value is -1.27. The fourth-order valence-electron chi connectivity index (χ4n) is 7.05. The number of unbranched alkanes of at least 4 members (excludes halogenated alkanes) is 13. The predicted molar refractivity (Wildman–Crippen MR) is 255 cm³/mol. The van der Waals surface area contributed by atoms with Crippen LogP contribution in [0.25, 0.3) is 0 Å². The van der Waals surface area contributed by atoms with E-state index < -0.39 is 0 Å². The summed E-state index contributed by atoms with van der Waals surface area (Å²) in [5.41, 5.74) is 0. The Kier molecular flexibility index (Phi) is 47.1. The van der Waals surface area contributed by atoms with Gasteiger partial charge in [0.15, 0.2) is 0 Å². The number of nitrogens with zero attached hydrogens (tertiary/aromatic N) is 2. The van der Waals surface area contributed by atoms with Crippen LogP contribution >= 0.6 is 0 Å². The number of hydrogen-bond donors (Lipinski definition) is 0. The van der Waals surface area contributed by atoms with Gasteiger partial charge < -0.3 is 56.6 Å². The molecule has 0 spiro atoms. The number of esters is 1. The quantitative estimate of drug-likeness (QED) is 0.0257. The lowest BCUT2D eigenvalue weighted by molar-refractivity contribution is -0.913. The highest BCUT2D eigenvalue weighted by Gasteiger charge is 2.28. The monoisotopic (exact) mass is 920 g/mol. The van der Waals surface area contributed by atoms with Crippen LogP contribution < -0.4 is 0 Å². The number of allylic oxidation sites excluding steroid dienone is 2. The zero-order valence-corrected chi connectivity index (χ0v) is 41.6. The Balaban J connectivity index is 1.64. The van der Waals surface area contributed by atoms with Crippen molar-refractivity contribution in [3.8, 4) is 0 Å². The third-order valence-electron chi connectivity index (χ3n) is 11.2. The third-order valence-corrected chi connectivity index (χ3v) is 11.2. The van der Waals surface area contributed by atoms with Crippen LogP contribution in [0.1, 0.15) is 123 Å². The first-order chi connectivity index (χ1) is 31.6. The highest BCUT2D eigenvalue weighted by atomic mass is 16.6. The van der Waals surface area contributed by atoms with E-state index in [4.69, 9.17) is 52.1 Å². The maximum atomic E-state index is 12.1. The molecule has 0 N–H and O–H groups in total. The Morgan fingerprint density at radius 1 is 0.422 bits per heavy atom. The summed E-state index contributed by atoms with van der Waals surface area (Å²) in [7, 11) is 2.35. The SMILES string of the molecule is CCCCCCCC/C=C/CCCCCCCCOCCOCCOCCOCCOCCOCCOCCOCCOCCOCCOC(=O)CCN1CC[N+](C)(CCCC)CC1. The molecule has 380 valence electrons. The molecule has 1 aliphatic heterocycles. The van der Waals surface area contributed by atoms with Gasteiger partial charge in [-0.25, -0.2) is 0 Å². The van der Waals surface area contributed by atoms with Gasteiger partial charge in [0.25, 0.3) is 0 Å². The van der Waals surface area contributed by atoms with Crippen molar-refractivity contribution in [2.45, 2.75) is 123 Å². The molecular weight excluding hydrogens is 821 g/mol. The van der Waals surface area contributed by atoms with Crippen molar-refractivity contribution in [3.63, 3.8) is 0 Å². The Labute approximate surface area is 391 Å². The van der Waals surface area contributed by atoms with E-state index in [0.29, 0.717) is 132 Å². The Morgan fingerprint density at radius 3 is 1.14 bits per heavy atom. The number of quaternary nitrogens is 1. The molecule has 0 aromatic heterocycles. The van der Waals surface area contributed by atoms with Crippen molar-refractivity contribution >= 4 is 5.97 Å². The summed E-state index contributed by atoms with van der Waals surface area (Å²) in [6.07, 6.45) is 26.2. The molecule has 1 heterocycles. The number of hydrogen-bond acceptors (Lipinski definition) is 13. The zero-order chi connectivity index (χ0) is 46.0. The average molecular weight is 920 g/mol. The first-order valence-electron chi connectivity index (χ1n) is 25.7. The molecule has 14 nitrogen and oxygen atoms in total. The standard InChI is InChI=1S/C50H99N2O12/c1-4-6-8-9-10-11-12-13-14-15-16-17-18-19-20-21-29-54-30-31-55-32-33-56-34-35-57-36-37-58-38-39-59-40-41-60-42-43-61-44-45-62-46-47-63-48-49-64-50(53)22-23-51-24-27-52(3,28-25-51)26-7-5-2/h13-14H,4-12,15-49H2,1-3H3/q+1/b14-13+. The lowest BCUT2D eigenvalue weighted by Gasteiger charge is -2.42. The highest BCUT2D eigenvalue weighted by Crippen LogP contribution is 2.13. The van der Waals surface area contributed by atoms with Crippen LogP contribution in [0.3, 0.4) is 0 Å². The fraction of sp³-hybridized carbons (Fsp3) is 0.940. The van der Waals surface area contributed by atoms with Crippen LogP contribution in [0.15, 0.2) is 12.2 Å². The van der Waals surface area contributed by atoms with Crippen molar-refractivity contribution in [2.24, 2.45) is 0 Å². The van der Waals surface area contributed by atoms with Gasteiger partial charge in [-0.3, -0.25) is 9.69 Å². The zero-order valence-electron chi connectivity index (χ0n) is 41.6. The smallest absolute Gasteiger partial charge is 0.307 e. The first kappa shape index (κ1) is 60.7. The Morgan fingerprint density at radius 2 is 0.750 bits per heavy atom. The third kappa shape index (κ3) is 44.6. The van der Waals surface area contributed by atoms with Crippen LogP contribution in [-0.4, -0.2) is 200 Å². The molecule has 0 atom stereocenters. The largest absolute Gasteiger partial charge is 0.463 e. The fourth-order valence-corrected chi connectivity index (χ4v) is 7.05. The van der Waals surface area contributed by atoms with Crippen LogP contribution in [0.2, 0.25) is 0 Å². The van der Waals surface area contributed by atoms with Crippen molar-refractivity contribution < 1.29 is 61.4 Å². The van der Waals surface area contributed by atoms with Gasteiger partial charge in [0.1, 0.15) is 6.61 Å². The topological polar surface area (TPSA) is 122 Å². The van der Waals surface area contributed by atoms with E-state index in [-0.39, 0.29) is 12.6 Å². The number of piperazine rings is 1. The molecule has 0 bridgehead atoms. The molecular formula is C50H99N2O12+. The summed E-state index contributed by atoms with van der Waals surface area (Å²) < 4.78 is 62.0. The summed E-state index contributed by atoms with van der Waals surface area (Å²) in [4.78, 5) is 14.5. The minimum atomic E-state index is -0.161. The van der Waals surface area contributed by atoms with Gasteiger partial charge in [-0.05, 0) is 38.5 Å². The van der Waals surface area contributed by atoms with Gasteiger partial charge >= 0.3 is 5.97 Å². The van der Waals surface area contributed by atoms with Crippen LogP contribution in [-0.2, 0) is 56.9 Å². The molecule has 0 unspecified atom stereocenters. The van der Waals surface area contributed by atoms with E-state index in [1.807, 2.05) is 0 Å². The maximum absolute atomic E-state index is 12.1. The minimum absolute atomic E-state index is 0.161. The molecule has 64 heavy (non-hydrogen) atoms. The molecule has 1 aliphatic rings. The normalized spacial score (nSPS) is 14.3. The van der Waals surface area contributed by atoms with E-state index in [1.54, 1.807) is 0 Å². The Bertz CT molecular complexity index is 973. The second-order valence-electron chi connectivity index (χ2n) is 17.0. The number of carbonyl (C=O) groups excluding carboxylic acids is 1. The molecule has 0 aromatic carbocycles. The van der Waals surface area contributed by atoms with Gasteiger partial charge in [-0.15, -0.1) is 0 Å².